The molecule has 0 saturated carbocycles. The van der Waals surface area contributed by atoms with E-state index in [1.54, 1.807) is 6.26 Å². The molecule has 5 heteroatoms. The Hall–Kier alpha value is -3.05. The van der Waals surface area contributed by atoms with Gasteiger partial charge in [0, 0.05) is 17.7 Å². The van der Waals surface area contributed by atoms with Gasteiger partial charge in [0.25, 0.3) is 0 Å². The second kappa shape index (κ2) is 8.31. The summed E-state index contributed by atoms with van der Waals surface area (Å²) in [5, 5.41) is 5.92. The number of anilines is 1. The third-order valence-corrected chi connectivity index (χ3v) is 5.41. The Morgan fingerprint density at radius 1 is 1.07 bits per heavy atom. The number of furan rings is 1. The summed E-state index contributed by atoms with van der Waals surface area (Å²) in [6.45, 7) is 4.49. The second-order valence-corrected chi connectivity index (χ2v) is 7.37. The van der Waals surface area contributed by atoms with Crippen LogP contribution < -0.4 is 15.5 Å². The van der Waals surface area contributed by atoms with E-state index in [1.807, 2.05) is 43.3 Å². The molecule has 0 bridgehead atoms. The van der Waals surface area contributed by atoms with E-state index in [4.69, 9.17) is 4.42 Å². The number of benzene rings is 2. The van der Waals surface area contributed by atoms with Gasteiger partial charge in [-0.25, -0.2) is 4.79 Å². The van der Waals surface area contributed by atoms with E-state index in [9.17, 15) is 4.79 Å². The van der Waals surface area contributed by atoms with E-state index < -0.39 is 0 Å². The van der Waals surface area contributed by atoms with Gasteiger partial charge in [0.1, 0.15) is 6.54 Å². The molecule has 2 amide bonds. The average molecular weight is 376 g/mol. The number of amides is 2. The maximum atomic E-state index is 12.4. The molecule has 1 unspecified atom stereocenters. The number of carbonyl (C=O) groups is 1. The molecule has 2 heterocycles. The number of hydrogen-bond donors (Lipinski definition) is 3. The van der Waals surface area contributed by atoms with Crippen molar-refractivity contribution in [2.24, 2.45) is 0 Å². The molecule has 2 atom stereocenters. The molecule has 0 radical (unpaired) electrons. The first-order valence-electron chi connectivity index (χ1n) is 9.75. The number of nitrogens with one attached hydrogen (secondary N) is 3. The number of rotatable bonds is 5. The summed E-state index contributed by atoms with van der Waals surface area (Å²) >= 11 is 0. The maximum absolute atomic E-state index is 12.4. The Labute approximate surface area is 165 Å². The van der Waals surface area contributed by atoms with Gasteiger partial charge in [-0.2, -0.15) is 0 Å². The lowest BCUT2D eigenvalue weighted by molar-refractivity contribution is -0.946. The Kier molecular flexibility index (Phi) is 5.44. The van der Waals surface area contributed by atoms with Crippen LogP contribution in [0.15, 0.2) is 71.3 Å². The van der Waals surface area contributed by atoms with Crippen LogP contribution in [0, 0.1) is 6.92 Å². The fraction of sp³-hybridized carbons (Fsp3) is 0.261. The molecular weight excluding hydrogens is 350 g/mol. The van der Waals surface area contributed by atoms with Crippen molar-refractivity contribution in [3.63, 3.8) is 0 Å². The molecule has 0 fully saturated rings. The van der Waals surface area contributed by atoms with Crippen LogP contribution in [-0.4, -0.2) is 19.1 Å². The fourth-order valence-electron chi connectivity index (χ4n) is 3.84. The van der Waals surface area contributed by atoms with Crippen LogP contribution in [0.2, 0.25) is 0 Å². The SMILES string of the molecule is Cc1ccc(NC(=O)NC[C@@H](c2ccco2)[NH+]2CCc3ccccc3C2)cc1. The molecule has 0 saturated heterocycles. The van der Waals surface area contributed by atoms with Crippen molar-refractivity contribution in [1.82, 2.24) is 5.32 Å². The molecule has 28 heavy (non-hydrogen) atoms. The Morgan fingerprint density at radius 3 is 2.61 bits per heavy atom. The average Bonchev–Trinajstić information content (AvgIpc) is 3.24. The van der Waals surface area contributed by atoms with Crippen LogP contribution in [0.4, 0.5) is 10.5 Å². The highest BCUT2D eigenvalue weighted by Crippen LogP contribution is 2.16. The molecule has 3 N–H and O–H groups in total. The number of hydrogen-bond acceptors (Lipinski definition) is 2. The summed E-state index contributed by atoms with van der Waals surface area (Å²) in [6, 6.07) is 20.2. The fourth-order valence-corrected chi connectivity index (χ4v) is 3.84. The first-order valence-corrected chi connectivity index (χ1v) is 9.75. The van der Waals surface area contributed by atoms with Gasteiger partial charge in [-0.05, 0) is 36.8 Å². The van der Waals surface area contributed by atoms with Crippen LogP contribution in [0.3, 0.4) is 0 Å². The summed E-state index contributed by atoms with van der Waals surface area (Å²) in [4.78, 5) is 13.8. The number of urea groups is 1. The normalized spacial score (nSPS) is 16.8. The third kappa shape index (κ3) is 4.26. The van der Waals surface area contributed by atoms with Gasteiger partial charge in [0.2, 0.25) is 0 Å². The summed E-state index contributed by atoms with van der Waals surface area (Å²) in [5.74, 6) is 0.907. The highest BCUT2D eigenvalue weighted by atomic mass is 16.3. The van der Waals surface area contributed by atoms with Gasteiger partial charge in [0.15, 0.2) is 11.8 Å². The standard InChI is InChI=1S/C23H25N3O2/c1-17-8-10-20(11-9-17)25-23(27)24-15-21(22-7-4-14-28-22)26-13-12-18-5-2-3-6-19(18)16-26/h2-11,14,21H,12-13,15-16H2,1H3,(H2,24,25,27)/p+1/t21-/m0/s1. The molecular formula is C23H26N3O2+. The zero-order valence-electron chi connectivity index (χ0n) is 16.1. The van der Waals surface area contributed by atoms with Crippen LogP contribution >= 0.6 is 0 Å². The van der Waals surface area contributed by atoms with Crippen molar-refractivity contribution < 1.29 is 14.1 Å². The topological polar surface area (TPSA) is 58.7 Å². The van der Waals surface area contributed by atoms with E-state index >= 15 is 0 Å². The minimum Gasteiger partial charge on any atom is -0.463 e. The minimum atomic E-state index is -0.197. The van der Waals surface area contributed by atoms with Crippen LogP contribution in [0.25, 0.3) is 0 Å². The van der Waals surface area contributed by atoms with E-state index in [0.717, 1.165) is 36.5 Å². The second-order valence-electron chi connectivity index (χ2n) is 7.37. The maximum Gasteiger partial charge on any atom is 0.319 e. The van der Waals surface area contributed by atoms with Crippen molar-refractivity contribution in [2.75, 3.05) is 18.4 Å². The van der Waals surface area contributed by atoms with Gasteiger partial charge in [-0.1, -0.05) is 42.0 Å². The first kappa shape index (κ1) is 18.3. The van der Waals surface area contributed by atoms with Crippen LogP contribution in [0.1, 0.15) is 28.5 Å². The van der Waals surface area contributed by atoms with Crippen molar-refractivity contribution in [3.05, 3.63) is 89.4 Å². The van der Waals surface area contributed by atoms with Gasteiger partial charge >= 0.3 is 6.03 Å². The number of fused-ring (bicyclic) bond motifs is 1. The predicted molar refractivity (Wildman–Crippen MR) is 109 cm³/mol. The third-order valence-electron chi connectivity index (χ3n) is 5.41. The number of aryl methyl sites for hydroxylation is 1. The van der Waals surface area contributed by atoms with E-state index in [-0.39, 0.29) is 12.1 Å². The largest absolute Gasteiger partial charge is 0.463 e. The van der Waals surface area contributed by atoms with E-state index in [2.05, 4.69) is 34.9 Å². The minimum absolute atomic E-state index is 0.0760. The lowest BCUT2D eigenvalue weighted by Gasteiger charge is -2.31. The van der Waals surface area contributed by atoms with Crippen molar-refractivity contribution in [2.45, 2.75) is 25.9 Å². The smallest absolute Gasteiger partial charge is 0.319 e. The lowest BCUT2D eigenvalue weighted by Crippen LogP contribution is -3.12. The van der Waals surface area contributed by atoms with Gasteiger partial charge in [-0.15, -0.1) is 0 Å². The Bertz CT molecular complexity index is 919. The Balaban J connectivity index is 1.43. The molecule has 5 nitrogen and oxygen atoms in total. The van der Waals surface area contributed by atoms with Gasteiger partial charge in [0.05, 0.1) is 19.4 Å². The molecule has 4 rings (SSSR count). The van der Waals surface area contributed by atoms with Gasteiger partial charge in [-0.3, -0.25) is 0 Å². The number of carbonyl (C=O) groups excluding carboxylic acids is 1. The molecule has 1 aromatic heterocycles. The number of quaternary nitrogens is 1. The molecule has 0 spiro atoms. The zero-order valence-corrected chi connectivity index (χ0v) is 16.1. The highest BCUT2D eigenvalue weighted by molar-refractivity contribution is 5.89. The predicted octanol–water partition coefficient (Wildman–Crippen LogP) is 3.09. The van der Waals surface area contributed by atoms with Crippen molar-refractivity contribution in [3.8, 4) is 0 Å². The molecule has 2 aromatic carbocycles. The van der Waals surface area contributed by atoms with Crippen LogP contribution in [-0.2, 0) is 13.0 Å². The first-order chi connectivity index (χ1) is 13.7. The van der Waals surface area contributed by atoms with Gasteiger partial charge < -0.3 is 20.0 Å². The van der Waals surface area contributed by atoms with E-state index in [1.165, 1.54) is 16.0 Å². The molecule has 0 aliphatic carbocycles. The highest BCUT2D eigenvalue weighted by Gasteiger charge is 2.30. The molecule has 1 aliphatic heterocycles. The molecule has 1 aliphatic rings. The summed E-state index contributed by atoms with van der Waals surface area (Å²) < 4.78 is 5.71. The van der Waals surface area contributed by atoms with Crippen molar-refractivity contribution >= 4 is 11.7 Å². The monoisotopic (exact) mass is 376 g/mol. The quantitative estimate of drug-likeness (QED) is 0.641. The zero-order chi connectivity index (χ0) is 19.3. The molecule has 3 aromatic rings. The summed E-state index contributed by atoms with van der Waals surface area (Å²) in [5.41, 5.74) is 4.76. The van der Waals surface area contributed by atoms with E-state index in [0.29, 0.717) is 6.54 Å². The lowest BCUT2D eigenvalue weighted by atomic mass is 9.98. The van der Waals surface area contributed by atoms with Crippen molar-refractivity contribution in [1.29, 1.82) is 0 Å². The molecule has 144 valence electrons. The Morgan fingerprint density at radius 2 is 1.86 bits per heavy atom. The summed E-state index contributed by atoms with van der Waals surface area (Å²) in [7, 11) is 0. The summed E-state index contributed by atoms with van der Waals surface area (Å²) in [6.07, 6.45) is 2.74. The van der Waals surface area contributed by atoms with Crippen LogP contribution in [0.5, 0.6) is 0 Å².